The normalized spacial score (nSPS) is 21.9. The van der Waals surface area contributed by atoms with Crippen molar-refractivity contribution in [3.8, 4) is 0 Å². The van der Waals surface area contributed by atoms with Gasteiger partial charge in [-0.1, -0.05) is 0 Å². The van der Waals surface area contributed by atoms with E-state index in [4.69, 9.17) is 0 Å². The molecular weight excluding hydrogens is 274 g/mol. The van der Waals surface area contributed by atoms with Crippen molar-refractivity contribution in [1.29, 1.82) is 0 Å². The van der Waals surface area contributed by atoms with E-state index < -0.39 is 0 Å². The van der Waals surface area contributed by atoms with E-state index in [9.17, 15) is 0 Å². The molecule has 5 heteroatoms. The van der Waals surface area contributed by atoms with E-state index in [1.54, 1.807) is 0 Å². The molecule has 0 aliphatic carbocycles. The molecule has 0 atom stereocenters. The molecule has 3 heterocycles. The molecule has 0 unspecified atom stereocenters. The molecule has 5 nitrogen and oxygen atoms in total. The largest absolute Gasteiger partial charge is 0.338 e. The average molecular weight is 303 g/mol. The fraction of sp³-hybridized carbons (Fsp3) is 0.765. The lowest BCUT2D eigenvalue weighted by molar-refractivity contribution is -0.00252. The second-order valence-electron chi connectivity index (χ2n) is 7.79. The second kappa shape index (κ2) is 6.13. The van der Waals surface area contributed by atoms with Gasteiger partial charge in [0.25, 0.3) is 0 Å². The monoisotopic (exact) mass is 303 g/mol. The molecule has 0 aromatic carbocycles. The topological polar surface area (TPSA) is 35.5 Å². The van der Waals surface area contributed by atoms with Crippen LogP contribution in [0.5, 0.6) is 0 Å². The summed E-state index contributed by atoms with van der Waals surface area (Å²) in [5, 5.41) is 0. The summed E-state index contributed by atoms with van der Waals surface area (Å²) < 4.78 is 0. The summed E-state index contributed by atoms with van der Waals surface area (Å²) in [4.78, 5) is 16.4. The van der Waals surface area contributed by atoms with Gasteiger partial charge in [-0.25, -0.2) is 9.97 Å². The molecule has 0 spiro atoms. The van der Waals surface area contributed by atoms with E-state index in [-0.39, 0.29) is 0 Å². The molecule has 2 aliphatic heterocycles. The van der Waals surface area contributed by atoms with Gasteiger partial charge in [-0.15, -0.1) is 0 Å². The van der Waals surface area contributed by atoms with Crippen LogP contribution < -0.4 is 4.90 Å². The van der Waals surface area contributed by atoms with Crippen LogP contribution in [-0.2, 0) is 0 Å². The molecule has 2 aliphatic rings. The molecule has 2 fully saturated rings. The number of piperazine rings is 1. The molecule has 0 bridgehead atoms. The van der Waals surface area contributed by atoms with Crippen molar-refractivity contribution >= 4 is 5.95 Å². The SMILES string of the molecule is Cc1cnc(N2CCN(CC3CN(C(C)(C)C)C3)CC2)nc1. The number of aryl methyl sites for hydroxylation is 1. The first-order valence-corrected chi connectivity index (χ1v) is 8.43. The van der Waals surface area contributed by atoms with Gasteiger partial charge >= 0.3 is 0 Å². The molecule has 122 valence electrons. The predicted octanol–water partition coefficient (Wildman–Crippen LogP) is 1.64. The highest BCUT2D eigenvalue weighted by atomic mass is 15.3. The molecule has 22 heavy (non-hydrogen) atoms. The zero-order valence-corrected chi connectivity index (χ0v) is 14.4. The molecule has 0 saturated carbocycles. The highest BCUT2D eigenvalue weighted by Crippen LogP contribution is 2.26. The van der Waals surface area contributed by atoms with Gasteiger partial charge in [0.15, 0.2) is 0 Å². The van der Waals surface area contributed by atoms with Crippen molar-refractivity contribution in [3.63, 3.8) is 0 Å². The zero-order valence-electron chi connectivity index (χ0n) is 14.4. The quantitative estimate of drug-likeness (QED) is 0.848. The highest BCUT2D eigenvalue weighted by molar-refractivity contribution is 5.30. The summed E-state index contributed by atoms with van der Waals surface area (Å²) in [7, 11) is 0. The smallest absolute Gasteiger partial charge is 0.225 e. The lowest BCUT2D eigenvalue weighted by Gasteiger charge is -2.49. The van der Waals surface area contributed by atoms with Crippen molar-refractivity contribution in [2.24, 2.45) is 5.92 Å². The zero-order chi connectivity index (χ0) is 15.7. The predicted molar refractivity (Wildman–Crippen MR) is 90.2 cm³/mol. The number of aromatic nitrogens is 2. The Morgan fingerprint density at radius 2 is 1.64 bits per heavy atom. The molecule has 0 radical (unpaired) electrons. The summed E-state index contributed by atoms with van der Waals surface area (Å²) in [5.74, 6) is 1.73. The third-order valence-electron chi connectivity index (χ3n) is 4.84. The molecule has 0 N–H and O–H groups in total. The van der Waals surface area contributed by atoms with Crippen LogP contribution in [0.15, 0.2) is 12.4 Å². The van der Waals surface area contributed by atoms with E-state index in [1.807, 2.05) is 19.3 Å². The van der Waals surface area contributed by atoms with E-state index in [2.05, 4.69) is 45.4 Å². The Bertz CT molecular complexity index is 479. The molecule has 3 rings (SSSR count). The van der Waals surface area contributed by atoms with Gasteiger partial charge < -0.3 is 4.90 Å². The summed E-state index contributed by atoms with van der Waals surface area (Å²) in [6, 6.07) is 0. The minimum atomic E-state index is 0.331. The number of hydrogen-bond donors (Lipinski definition) is 0. The van der Waals surface area contributed by atoms with Crippen molar-refractivity contribution in [1.82, 2.24) is 19.8 Å². The second-order valence-corrected chi connectivity index (χ2v) is 7.79. The minimum Gasteiger partial charge on any atom is -0.338 e. The van der Waals surface area contributed by atoms with Gasteiger partial charge in [0.1, 0.15) is 0 Å². The first-order valence-electron chi connectivity index (χ1n) is 8.43. The Balaban J connectivity index is 1.42. The molecule has 1 aromatic heterocycles. The molecule has 1 aromatic rings. The Hall–Kier alpha value is -1.20. The van der Waals surface area contributed by atoms with Gasteiger partial charge in [0.05, 0.1) is 0 Å². The van der Waals surface area contributed by atoms with Gasteiger partial charge in [-0.3, -0.25) is 9.80 Å². The molecule has 0 amide bonds. The third kappa shape index (κ3) is 3.58. The molecule has 2 saturated heterocycles. The van der Waals surface area contributed by atoms with Gasteiger partial charge in [0, 0.05) is 63.7 Å². The Labute approximate surface area is 134 Å². The van der Waals surface area contributed by atoms with Gasteiger partial charge in [0.2, 0.25) is 5.95 Å². The number of anilines is 1. The van der Waals surface area contributed by atoms with Crippen molar-refractivity contribution < 1.29 is 0 Å². The number of nitrogens with zero attached hydrogens (tertiary/aromatic N) is 5. The van der Waals surface area contributed by atoms with Crippen LogP contribution in [0, 0.1) is 12.8 Å². The number of likely N-dealkylation sites (tertiary alicyclic amines) is 1. The number of hydrogen-bond acceptors (Lipinski definition) is 5. The van der Waals surface area contributed by atoms with E-state index in [0.29, 0.717) is 5.54 Å². The summed E-state index contributed by atoms with van der Waals surface area (Å²) >= 11 is 0. The maximum atomic E-state index is 4.44. The first-order chi connectivity index (χ1) is 10.4. The van der Waals surface area contributed by atoms with Crippen molar-refractivity contribution in [2.75, 3.05) is 50.7 Å². The van der Waals surface area contributed by atoms with Crippen LogP contribution in [-0.4, -0.2) is 71.1 Å². The van der Waals surface area contributed by atoms with Crippen molar-refractivity contribution in [2.45, 2.75) is 33.2 Å². The maximum absolute atomic E-state index is 4.44. The Kier molecular flexibility index (Phi) is 4.37. The van der Waals surface area contributed by atoms with Gasteiger partial charge in [-0.05, 0) is 39.2 Å². The Morgan fingerprint density at radius 3 is 2.18 bits per heavy atom. The first kappa shape index (κ1) is 15.7. The summed E-state index contributed by atoms with van der Waals surface area (Å²) in [6.45, 7) is 17.0. The van der Waals surface area contributed by atoms with Crippen LogP contribution in [0.4, 0.5) is 5.95 Å². The minimum absolute atomic E-state index is 0.331. The summed E-state index contributed by atoms with van der Waals surface area (Å²) in [5.41, 5.74) is 1.45. The van der Waals surface area contributed by atoms with Crippen molar-refractivity contribution in [3.05, 3.63) is 18.0 Å². The van der Waals surface area contributed by atoms with E-state index in [1.165, 1.54) is 19.6 Å². The van der Waals surface area contributed by atoms with E-state index in [0.717, 1.165) is 43.6 Å². The van der Waals surface area contributed by atoms with Crippen LogP contribution in [0.25, 0.3) is 0 Å². The van der Waals surface area contributed by atoms with Crippen LogP contribution >= 0.6 is 0 Å². The molecular formula is C17H29N5. The lowest BCUT2D eigenvalue weighted by atomic mass is 9.92. The summed E-state index contributed by atoms with van der Waals surface area (Å²) in [6.07, 6.45) is 3.81. The Morgan fingerprint density at radius 1 is 1.05 bits per heavy atom. The van der Waals surface area contributed by atoms with Gasteiger partial charge in [-0.2, -0.15) is 0 Å². The number of rotatable bonds is 3. The highest BCUT2D eigenvalue weighted by Gasteiger charge is 2.35. The third-order valence-corrected chi connectivity index (χ3v) is 4.84. The fourth-order valence-corrected chi connectivity index (χ4v) is 3.28. The van der Waals surface area contributed by atoms with Crippen LogP contribution in [0.2, 0.25) is 0 Å². The van der Waals surface area contributed by atoms with Crippen LogP contribution in [0.1, 0.15) is 26.3 Å². The van der Waals surface area contributed by atoms with Crippen LogP contribution in [0.3, 0.4) is 0 Å². The average Bonchev–Trinajstić information content (AvgIpc) is 2.43. The maximum Gasteiger partial charge on any atom is 0.225 e. The lowest BCUT2D eigenvalue weighted by Crippen LogP contribution is -2.59. The van der Waals surface area contributed by atoms with E-state index >= 15 is 0 Å². The standard InChI is InChI=1S/C17H29N5/c1-14-9-18-16(19-10-14)21-7-5-20(6-8-21)11-15-12-22(13-15)17(2,3)4/h9-10,15H,5-8,11-13H2,1-4H3. The fourth-order valence-electron chi connectivity index (χ4n) is 3.28.